The highest BCUT2D eigenvalue weighted by atomic mass is 14.9. The first kappa shape index (κ1) is 11.1. The van der Waals surface area contributed by atoms with Gasteiger partial charge in [-0.1, -0.05) is 37.5 Å². The van der Waals surface area contributed by atoms with E-state index < -0.39 is 0 Å². The van der Waals surface area contributed by atoms with E-state index in [4.69, 9.17) is 0 Å². The molecular formula is C15H22N2. The number of benzene rings is 1. The lowest BCUT2D eigenvalue weighted by Gasteiger charge is -2.25. The minimum absolute atomic E-state index is 0.660. The van der Waals surface area contributed by atoms with Gasteiger partial charge >= 0.3 is 0 Å². The minimum atomic E-state index is 0.660. The van der Waals surface area contributed by atoms with E-state index in [2.05, 4.69) is 34.9 Å². The summed E-state index contributed by atoms with van der Waals surface area (Å²) in [5.41, 5.74) is 2.82. The Labute approximate surface area is 104 Å². The summed E-state index contributed by atoms with van der Waals surface area (Å²) in [4.78, 5) is 0. The van der Waals surface area contributed by atoms with Crippen LogP contribution in [0.4, 0.5) is 5.69 Å². The van der Waals surface area contributed by atoms with Crippen molar-refractivity contribution in [2.24, 2.45) is 5.92 Å². The Morgan fingerprint density at radius 3 is 2.94 bits per heavy atom. The summed E-state index contributed by atoms with van der Waals surface area (Å²) in [5, 5.41) is 7.11. The zero-order chi connectivity index (χ0) is 11.5. The van der Waals surface area contributed by atoms with Crippen LogP contribution in [0.5, 0.6) is 0 Å². The molecule has 0 aromatic heterocycles. The second-order valence-electron chi connectivity index (χ2n) is 5.45. The van der Waals surface area contributed by atoms with E-state index in [1.807, 2.05) is 0 Å². The van der Waals surface area contributed by atoms with Crippen LogP contribution in [0.2, 0.25) is 0 Å². The van der Waals surface area contributed by atoms with Crippen molar-refractivity contribution in [3.63, 3.8) is 0 Å². The minimum Gasteiger partial charge on any atom is -0.384 e. The van der Waals surface area contributed by atoms with Crippen molar-refractivity contribution in [2.75, 3.05) is 25.0 Å². The van der Waals surface area contributed by atoms with Gasteiger partial charge in [0, 0.05) is 24.7 Å². The third-order valence-corrected chi connectivity index (χ3v) is 4.28. The number of rotatable bonds is 5. The lowest BCUT2D eigenvalue weighted by Crippen LogP contribution is -2.26. The Hall–Kier alpha value is -1.02. The van der Waals surface area contributed by atoms with Gasteiger partial charge in [0.2, 0.25) is 0 Å². The molecule has 1 atom stereocenters. The van der Waals surface area contributed by atoms with E-state index >= 15 is 0 Å². The van der Waals surface area contributed by atoms with Gasteiger partial charge in [-0.3, -0.25) is 0 Å². The smallest absolute Gasteiger partial charge is 0.0376 e. The van der Waals surface area contributed by atoms with Crippen molar-refractivity contribution in [2.45, 2.75) is 31.6 Å². The highest BCUT2D eigenvalue weighted by Crippen LogP contribution is 2.31. The van der Waals surface area contributed by atoms with Crippen LogP contribution >= 0.6 is 0 Å². The quantitative estimate of drug-likeness (QED) is 0.760. The van der Waals surface area contributed by atoms with E-state index in [1.165, 1.54) is 43.5 Å². The predicted molar refractivity (Wildman–Crippen MR) is 72.5 cm³/mol. The standard InChI is InChI=1S/C15H22N2/c1-2-7-15-14(6-1)13(11-17-15)10-16-9-8-12-4-3-5-12/h1-2,6-7,12-13,16-17H,3-5,8-11H2. The molecule has 1 aliphatic heterocycles. The van der Waals surface area contributed by atoms with E-state index in [0.717, 1.165) is 19.0 Å². The van der Waals surface area contributed by atoms with Crippen LogP contribution in [0.3, 0.4) is 0 Å². The normalized spacial score (nSPS) is 22.9. The summed E-state index contributed by atoms with van der Waals surface area (Å²) < 4.78 is 0. The number of fused-ring (bicyclic) bond motifs is 1. The van der Waals surface area contributed by atoms with Gasteiger partial charge in [0.1, 0.15) is 0 Å². The van der Waals surface area contributed by atoms with Crippen LogP contribution in [0.25, 0.3) is 0 Å². The van der Waals surface area contributed by atoms with E-state index in [1.54, 1.807) is 0 Å². The van der Waals surface area contributed by atoms with Gasteiger partial charge in [0.15, 0.2) is 0 Å². The molecule has 2 aliphatic rings. The molecule has 2 N–H and O–H groups in total. The lowest BCUT2D eigenvalue weighted by molar-refractivity contribution is 0.291. The Bertz CT molecular complexity index is 371. The average Bonchev–Trinajstić information content (AvgIpc) is 2.70. The number of hydrogen-bond donors (Lipinski definition) is 2. The van der Waals surface area contributed by atoms with Gasteiger partial charge in [-0.25, -0.2) is 0 Å². The third kappa shape index (κ3) is 2.47. The summed E-state index contributed by atoms with van der Waals surface area (Å²) >= 11 is 0. The lowest BCUT2D eigenvalue weighted by atomic mass is 9.83. The molecule has 0 bridgehead atoms. The molecule has 0 radical (unpaired) electrons. The summed E-state index contributed by atoms with van der Waals surface area (Å²) in [5.74, 6) is 1.68. The average molecular weight is 230 g/mol. The van der Waals surface area contributed by atoms with Crippen molar-refractivity contribution >= 4 is 5.69 Å². The molecule has 92 valence electrons. The number of nitrogens with one attached hydrogen (secondary N) is 2. The molecule has 0 saturated heterocycles. The molecule has 2 nitrogen and oxygen atoms in total. The van der Waals surface area contributed by atoms with Gasteiger partial charge in [0.25, 0.3) is 0 Å². The Morgan fingerprint density at radius 1 is 1.24 bits per heavy atom. The second-order valence-corrected chi connectivity index (χ2v) is 5.45. The van der Waals surface area contributed by atoms with E-state index in [0.29, 0.717) is 5.92 Å². The van der Waals surface area contributed by atoms with Gasteiger partial charge in [-0.15, -0.1) is 0 Å². The number of anilines is 1. The van der Waals surface area contributed by atoms with Crippen molar-refractivity contribution in [1.29, 1.82) is 0 Å². The van der Waals surface area contributed by atoms with Crippen molar-refractivity contribution in [1.82, 2.24) is 5.32 Å². The van der Waals surface area contributed by atoms with Crippen LogP contribution in [-0.2, 0) is 0 Å². The summed E-state index contributed by atoms with van der Waals surface area (Å²) in [6, 6.07) is 8.70. The van der Waals surface area contributed by atoms with Crippen molar-refractivity contribution in [3.05, 3.63) is 29.8 Å². The van der Waals surface area contributed by atoms with Gasteiger partial charge in [0.05, 0.1) is 0 Å². The van der Waals surface area contributed by atoms with Gasteiger partial charge in [-0.2, -0.15) is 0 Å². The molecule has 1 saturated carbocycles. The maximum atomic E-state index is 3.63. The van der Waals surface area contributed by atoms with Crippen LogP contribution in [0, 0.1) is 5.92 Å². The Morgan fingerprint density at radius 2 is 2.12 bits per heavy atom. The van der Waals surface area contributed by atoms with Crippen molar-refractivity contribution in [3.8, 4) is 0 Å². The molecular weight excluding hydrogens is 208 g/mol. The maximum Gasteiger partial charge on any atom is 0.0376 e. The Kier molecular flexibility index (Phi) is 3.32. The summed E-state index contributed by atoms with van der Waals surface area (Å²) in [6.45, 7) is 3.41. The fraction of sp³-hybridized carbons (Fsp3) is 0.600. The molecule has 1 heterocycles. The number of para-hydroxylation sites is 1. The number of hydrogen-bond acceptors (Lipinski definition) is 2. The van der Waals surface area contributed by atoms with Crippen LogP contribution < -0.4 is 10.6 Å². The molecule has 0 amide bonds. The summed E-state index contributed by atoms with van der Waals surface area (Å²) in [6.07, 6.45) is 5.78. The third-order valence-electron chi connectivity index (χ3n) is 4.28. The van der Waals surface area contributed by atoms with Gasteiger partial charge < -0.3 is 10.6 Å². The maximum absolute atomic E-state index is 3.63. The molecule has 1 aromatic carbocycles. The molecule has 1 fully saturated rings. The Balaban J connectivity index is 1.43. The zero-order valence-corrected chi connectivity index (χ0v) is 10.4. The van der Waals surface area contributed by atoms with Gasteiger partial charge in [-0.05, 0) is 30.5 Å². The highest BCUT2D eigenvalue weighted by Gasteiger charge is 2.21. The second kappa shape index (κ2) is 5.09. The fourth-order valence-electron chi connectivity index (χ4n) is 2.90. The van der Waals surface area contributed by atoms with E-state index in [9.17, 15) is 0 Å². The van der Waals surface area contributed by atoms with Crippen LogP contribution in [0.1, 0.15) is 37.2 Å². The molecule has 0 spiro atoms. The molecule has 3 rings (SSSR count). The SMILES string of the molecule is c1ccc2c(c1)NCC2CNCCC1CCC1. The first-order chi connectivity index (χ1) is 8.43. The molecule has 1 aromatic rings. The van der Waals surface area contributed by atoms with Crippen molar-refractivity contribution < 1.29 is 0 Å². The van der Waals surface area contributed by atoms with Crippen LogP contribution in [-0.4, -0.2) is 19.6 Å². The first-order valence-electron chi connectivity index (χ1n) is 6.97. The topological polar surface area (TPSA) is 24.1 Å². The fourth-order valence-corrected chi connectivity index (χ4v) is 2.90. The molecule has 2 heteroatoms. The molecule has 1 unspecified atom stereocenters. The summed E-state index contributed by atoms with van der Waals surface area (Å²) in [7, 11) is 0. The first-order valence-corrected chi connectivity index (χ1v) is 6.97. The monoisotopic (exact) mass is 230 g/mol. The van der Waals surface area contributed by atoms with E-state index in [-0.39, 0.29) is 0 Å². The largest absolute Gasteiger partial charge is 0.384 e. The van der Waals surface area contributed by atoms with Crippen LogP contribution in [0.15, 0.2) is 24.3 Å². The predicted octanol–water partition coefficient (Wildman–Crippen LogP) is 2.98. The highest BCUT2D eigenvalue weighted by molar-refractivity contribution is 5.57. The molecule has 17 heavy (non-hydrogen) atoms. The zero-order valence-electron chi connectivity index (χ0n) is 10.4. The molecule has 1 aliphatic carbocycles.